The van der Waals surface area contributed by atoms with E-state index < -0.39 is 0 Å². The molecule has 1 heterocycles. The lowest BCUT2D eigenvalue weighted by molar-refractivity contribution is 0.617. The maximum absolute atomic E-state index is 8.92. The van der Waals surface area contributed by atoms with Gasteiger partial charge in [0.05, 0.1) is 17.9 Å². The summed E-state index contributed by atoms with van der Waals surface area (Å²) in [5.41, 5.74) is 5.96. The third-order valence-corrected chi connectivity index (χ3v) is 4.01. The van der Waals surface area contributed by atoms with Crippen molar-refractivity contribution in [2.45, 2.75) is 0 Å². The number of nitrogens with zero attached hydrogens (tertiary/aromatic N) is 1. The fourth-order valence-electron chi connectivity index (χ4n) is 2.79. The molecule has 2 nitrogen and oxygen atoms in total. The van der Waals surface area contributed by atoms with Crippen molar-refractivity contribution in [3.63, 3.8) is 0 Å². The van der Waals surface area contributed by atoms with Gasteiger partial charge in [-0.2, -0.15) is 5.26 Å². The van der Waals surface area contributed by atoms with Gasteiger partial charge in [0.2, 0.25) is 0 Å². The summed E-state index contributed by atoms with van der Waals surface area (Å²) in [5.74, 6) is 0. The van der Waals surface area contributed by atoms with Crippen LogP contribution in [0.4, 0.5) is 0 Å². The summed E-state index contributed by atoms with van der Waals surface area (Å²) in [7, 11) is 0. The van der Waals surface area contributed by atoms with Crippen LogP contribution in [0.2, 0.25) is 0 Å². The van der Waals surface area contributed by atoms with Gasteiger partial charge in [-0.3, -0.25) is 0 Å². The predicted molar refractivity (Wildman–Crippen MR) is 91.8 cm³/mol. The molecule has 0 aliphatic rings. The molecule has 0 saturated carbocycles. The molecule has 1 aromatic heterocycles. The maximum atomic E-state index is 8.92. The van der Waals surface area contributed by atoms with Crippen LogP contribution in [-0.2, 0) is 0 Å². The first kappa shape index (κ1) is 13.4. The van der Waals surface area contributed by atoms with E-state index in [-0.39, 0.29) is 0 Å². The summed E-state index contributed by atoms with van der Waals surface area (Å²) in [6.45, 7) is 0. The molecule has 0 N–H and O–H groups in total. The van der Waals surface area contributed by atoms with Crippen LogP contribution in [0.5, 0.6) is 0 Å². The summed E-state index contributed by atoms with van der Waals surface area (Å²) in [4.78, 5) is 0. The Bertz CT molecular complexity index is 1010. The van der Waals surface area contributed by atoms with Crippen LogP contribution < -0.4 is 0 Å². The Labute approximate surface area is 134 Å². The molecule has 3 aromatic carbocycles. The summed E-state index contributed by atoms with van der Waals surface area (Å²) in [6.07, 6.45) is 1.78. The van der Waals surface area contributed by atoms with Crippen LogP contribution in [0, 0.1) is 11.3 Å². The molecular formula is C21H13NO. The van der Waals surface area contributed by atoms with E-state index in [1.54, 1.807) is 6.26 Å². The van der Waals surface area contributed by atoms with Crippen molar-refractivity contribution in [2.75, 3.05) is 0 Å². The van der Waals surface area contributed by atoms with Crippen LogP contribution in [0.15, 0.2) is 83.5 Å². The van der Waals surface area contributed by atoms with Crippen LogP contribution in [-0.4, -0.2) is 0 Å². The Morgan fingerprint density at radius 2 is 1.48 bits per heavy atom. The highest BCUT2D eigenvalue weighted by Gasteiger charge is 2.09. The molecule has 0 radical (unpaired) electrons. The van der Waals surface area contributed by atoms with Crippen LogP contribution in [0.3, 0.4) is 0 Å². The van der Waals surface area contributed by atoms with E-state index in [1.165, 1.54) is 5.56 Å². The molecule has 4 rings (SSSR count). The molecule has 0 fully saturated rings. The fraction of sp³-hybridized carbons (Fsp3) is 0. The van der Waals surface area contributed by atoms with E-state index in [0.717, 1.165) is 27.7 Å². The van der Waals surface area contributed by atoms with Gasteiger partial charge >= 0.3 is 0 Å². The van der Waals surface area contributed by atoms with Gasteiger partial charge in [0.25, 0.3) is 0 Å². The third-order valence-electron chi connectivity index (χ3n) is 4.01. The van der Waals surface area contributed by atoms with E-state index >= 15 is 0 Å². The second-order valence-corrected chi connectivity index (χ2v) is 5.42. The molecule has 0 spiro atoms. The third kappa shape index (κ3) is 2.39. The number of hydrogen-bond acceptors (Lipinski definition) is 2. The predicted octanol–water partition coefficient (Wildman–Crippen LogP) is 5.64. The number of nitriles is 1. The summed E-state index contributed by atoms with van der Waals surface area (Å²) in [5, 5.41) is 10.0. The van der Waals surface area contributed by atoms with Gasteiger partial charge in [0, 0.05) is 10.9 Å². The Morgan fingerprint density at radius 3 is 2.22 bits per heavy atom. The van der Waals surface area contributed by atoms with Gasteiger partial charge in [0.1, 0.15) is 5.58 Å². The van der Waals surface area contributed by atoms with E-state index in [2.05, 4.69) is 30.3 Å². The Hall–Kier alpha value is -3.31. The molecule has 0 atom stereocenters. The number of rotatable bonds is 2. The smallest absolute Gasteiger partial charge is 0.134 e. The number of benzene rings is 3. The molecule has 4 aromatic rings. The summed E-state index contributed by atoms with van der Waals surface area (Å²) in [6, 6.07) is 26.2. The van der Waals surface area contributed by atoms with Crippen molar-refractivity contribution >= 4 is 11.0 Å². The van der Waals surface area contributed by atoms with Crippen LogP contribution in [0.1, 0.15) is 5.56 Å². The number of furan rings is 1. The van der Waals surface area contributed by atoms with Crippen LogP contribution >= 0.6 is 0 Å². The zero-order valence-corrected chi connectivity index (χ0v) is 12.4. The van der Waals surface area contributed by atoms with Gasteiger partial charge in [0.15, 0.2) is 0 Å². The minimum Gasteiger partial charge on any atom is -0.464 e. The summed E-state index contributed by atoms with van der Waals surface area (Å²) >= 11 is 0. The van der Waals surface area contributed by atoms with Crippen molar-refractivity contribution < 1.29 is 4.42 Å². The van der Waals surface area contributed by atoms with Crippen molar-refractivity contribution in [1.29, 1.82) is 5.26 Å². The molecule has 0 bridgehead atoms. The van der Waals surface area contributed by atoms with Crippen molar-refractivity contribution in [2.24, 2.45) is 0 Å². The highest BCUT2D eigenvalue weighted by atomic mass is 16.3. The maximum Gasteiger partial charge on any atom is 0.134 e. The Morgan fingerprint density at radius 1 is 0.739 bits per heavy atom. The SMILES string of the molecule is N#Cc1ccc(-c2coc3ccc(-c4ccccc4)cc23)cc1. The van der Waals surface area contributed by atoms with E-state index in [9.17, 15) is 0 Å². The zero-order valence-electron chi connectivity index (χ0n) is 12.4. The molecule has 0 aliphatic carbocycles. The second-order valence-electron chi connectivity index (χ2n) is 5.42. The Kier molecular flexibility index (Phi) is 3.18. The molecule has 0 saturated heterocycles. The van der Waals surface area contributed by atoms with Gasteiger partial charge in [-0.1, -0.05) is 48.5 Å². The lowest BCUT2D eigenvalue weighted by Crippen LogP contribution is -1.80. The summed E-state index contributed by atoms with van der Waals surface area (Å²) < 4.78 is 5.69. The lowest BCUT2D eigenvalue weighted by Gasteiger charge is -2.03. The highest BCUT2D eigenvalue weighted by molar-refractivity contribution is 5.96. The van der Waals surface area contributed by atoms with E-state index in [4.69, 9.17) is 9.68 Å². The lowest BCUT2D eigenvalue weighted by atomic mass is 9.99. The fourth-order valence-corrected chi connectivity index (χ4v) is 2.79. The van der Waals surface area contributed by atoms with Crippen molar-refractivity contribution in [3.8, 4) is 28.3 Å². The second kappa shape index (κ2) is 5.47. The molecule has 0 aliphatic heterocycles. The molecule has 0 unspecified atom stereocenters. The zero-order chi connectivity index (χ0) is 15.6. The topological polar surface area (TPSA) is 36.9 Å². The van der Waals surface area contributed by atoms with E-state index in [0.29, 0.717) is 5.56 Å². The first-order valence-electron chi connectivity index (χ1n) is 7.42. The average molecular weight is 295 g/mol. The first-order valence-corrected chi connectivity index (χ1v) is 7.42. The number of fused-ring (bicyclic) bond motifs is 1. The normalized spacial score (nSPS) is 10.6. The van der Waals surface area contributed by atoms with Crippen molar-refractivity contribution in [1.82, 2.24) is 0 Å². The molecule has 0 amide bonds. The van der Waals surface area contributed by atoms with Gasteiger partial charge < -0.3 is 4.42 Å². The quantitative estimate of drug-likeness (QED) is 0.480. The minimum absolute atomic E-state index is 0.659. The van der Waals surface area contributed by atoms with Gasteiger partial charge in [-0.05, 0) is 41.0 Å². The largest absolute Gasteiger partial charge is 0.464 e. The molecule has 2 heteroatoms. The van der Waals surface area contributed by atoms with E-state index in [1.807, 2.05) is 48.5 Å². The Balaban J connectivity index is 1.86. The first-order chi connectivity index (χ1) is 11.3. The van der Waals surface area contributed by atoms with Gasteiger partial charge in [-0.15, -0.1) is 0 Å². The number of hydrogen-bond donors (Lipinski definition) is 0. The monoisotopic (exact) mass is 295 g/mol. The minimum atomic E-state index is 0.659. The highest BCUT2D eigenvalue weighted by Crippen LogP contribution is 2.33. The standard InChI is InChI=1S/C21H13NO/c22-13-15-6-8-17(9-7-15)20-14-23-21-11-10-18(12-19(20)21)16-4-2-1-3-5-16/h1-12,14H. The van der Waals surface area contributed by atoms with Crippen molar-refractivity contribution in [3.05, 3.63) is 84.6 Å². The molecule has 108 valence electrons. The molecule has 23 heavy (non-hydrogen) atoms. The molecular weight excluding hydrogens is 282 g/mol. The van der Waals surface area contributed by atoms with Gasteiger partial charge in [-0.25, -0.2) is 0 Å². The average Bonchev–Trinajstić information content (AvgIpc) is 3.05. The van der Waals surface area contributed by atoms with Crippen LogP contribution in [0.25, 0.3) is 33.2 Å².